The molecule has 0 saturated heterocycles. The van der Waals surface area contributed by atoms with Crippen molar-refractivity contribution in [3.8, 4) is 5.75 Å². The third-order valence-electron chi connectivity index (χ3n) is 2.16. The van der Waals surface area contributed by atoms with Gasteiger partial charge >= 0.3 is 6.36 Å². The van der Waals surface area contributed by atoms with Crippen LogP contribution in [0.1, 0.15) is 0 Å². The van der Waals surface area contributed by atoms with Crippen molar-refractivity contribution in [1.29, 1.82) is 0 Å². The summed E-state index contributed by atoms with van der Waals surface area (Å²) in [5, 5.41) is 0. The second-order valence-electron chi connectivity index (χ2n) is 3.70. The molecule has 2 aromatic rings. The Balaban J connectivity index is 2.18. The number of alkyl halides is 3. The topological polar surface area (TPSA) is 81.2 Å². The number of nitrogens with one attached hydrogen (secondary N) is 1. The zero-order valence-corrected chi connectivity index (χ0v) is 11.0. The molecule has 112 valence electrons. The number of halogens is 3. The molecule has 0 aliphatic carbocycles. The Morgan fingerprint density at radius 2 is 1.62 bits per heavy atom. The molecule has 1 heterocycles. The summed E-state index contributed by atoms with van der Waals surface area (Å²) in [7, 11) is -3.99. The van der Waals surface area contributed by atoms with Gasteiger partial charge in [0, 0.05) is 12.4 Å². The van der Waals surface area contributed by atoms with Crippen LogP contribution in [-0.4, -0.2) is 24.7 Å². The first-order chi connectivity index (χ1) is 9.76. The highest BCUT2D eigenvalue weighted by Crippen LogP contribution is 2.24. The van der Waals surface area contributed by atoms with Crippen LogP contribution >= 0.6 is 0 Å². The highest BCUT2D eigenvalue weighted by Gasteiger charge is 2.31. The summed E-state index contributed by atoms with van der Waals surface area (Å²) >= 11 is 0. The van der Waals surface area contributed by atoms with Crippen LogP contribution in [0.3, 0.4) is 0 Å². The third-order valence-corrected chi connectivity index (χ3v) is 3.50. The van der Waals surface area contributed by atoms with Crippen molar-refractivity contribution in [3.05, 3.63) is 42.7 Å². The van der Waals surface area contributed by atoms with Crippen LogP contribution in [0.5, 0.6) is 5.75 Å². The van der Waals surface area contributed by atoms with Gasteiger partial charge in [0.05, 0.1) is 4.90 Å². The van der Waals surface area contributed by atoms with Gasteiger partial charge in [-0.1, -0.05) is 0 Å². The molecule has 0 fully saturated rings. The number of aromatic nitrogens is 2. The first kappa shape index (κ1) is 15.0. The lowest BCUT2D eigenvalue weighted by Crippen LogP contribution is -2.17. The molecular weight excluding hydrogens is 311 g/mol. The first-order valence-electron chi connectivity index (χ1n) is 5.42. The minimum absolute atomic E-state index is 0.145. The fraction of sp³-hybridized carbons (Fsp3) is 0.0909. The number of nitrogens with zero attached hydrogens (tertiary/aromatic N) is 2. The Hall–Kier alpha value is -2.36. The van der Waals surface area contributed by atoms with E-state index in [0.717, 1.165) is 24.3 Å². The standard InChI is InChI=1S/C11H8F3N3O3S/c12-11(13,14)20-8-2-4-9(5-3-8)21(18,19)17-10-15-6-1-7-16-10/h1-7H,(H,15,16,17). The highest BCUT2D eigenvalue weighted by molar-refractivity contribution is 7.92. The summed E-state index contributed by atoms with van der Waals surface area (Å²) in [5.74, 6) is -0.662. The van der Waals surface area contributed by atoms with E-state index in [-0.39, 0.29) is 10.8 Å². The molecule has 0 aliphatic heterocycles. The van der Waals surface area contributed by atoms with E-state index < -0.39 is 22.1 Å². The van der Waals surface area contributed by atoms with E-state index in [1.807, 2.05) is 0 Å². The number of benzene rings is 1. The molecular formula is C11H8F3N3O3S. The maximum Gasteiger partial charge on any atom is 0.573 e. The lowest BCUT2D eigenvalue weighted by Gasteiger charge is -2.10. The molecule has 0 radical (unpaired) electrons. The Bertz CT molecular complexity index is 703. The van der Waals surface area contributed by atoms with E-state index in [4.69, 9.17) is 0 Å². The maximum absolute atomic E-state index is 12.0. The first-order valence-corrected chi connectivity index (χ1v) is 6.90. The van der Waals surface area contributed by atoms with E-state index in [2.05, 4.69) is 19.4 Å². The van der Waals surface area contributed by atoms with Crippen LogP contribution < -0.4 is 9.46 Å². The van der Waals surface area contributed by atoms with Gasteiger partial charge in [-0.05, 0) is 30.3 Å². The van der Waals surface area contributed by atoms with Gasteiger partial charge in [0.25, 0.3) is 10.0 Å². The summed E-state index contributed by atoms with van der Waals surface area (Å²) < 4.78 is 65.6. The minimum atomic E-state index is -4.84. The molecule has 2 rings (SSSR count). The molecule has 0 amide bonds. The molecule has 1 aromatic carbocycles. The lowest BCUT2D eigenvalue weighted by molar-refractivity contribution is -0.274. The van der Waals surface area contributed by atoms with Gasteiger partial charge in [-0.15, -0.1) is 13.2 Å². The van der Waals surface area contributed by atoms with Gasteiger partial charge in [0.2, 0.25) is 5.95 Å². The molecule has 0 unspecified atom stereocenters. The quantitative estimate of drug-likeness (QED) is 0.934. The maximum atomic E-state index is 12.0. The van der Waals surface area contributed by atoms with Crippen molar-refractivity contribution in [2.45, 2.75) is 11.3 Å². The SMILES string of the molecule is O=S(=O)(Nc1ncccn1)c1ccc(OC(F)(F)F)cc1. The normalized spacial score (nSPS) is 12.0. The van der Waals surface area contributed by atoms with Crippen molar-refractivity contribution in [2.24, 2.45) is 0 Å². The van der Waals surface area contributed by atoms with Crippen LogP contribution in [0.2, 0.25) is 0 Å². The summed E-state index contributed by atoms with van der Waals surface area (Å²) in [6.07, 6.45) is -2.16. The average Bonchev–Trinajstić information content (AvgIpc) is 2.38. The van der Waals surface area contributed by atoms with Crippen molar-refractivity contribution in [3.63, 3.8) is 0 Å². The average molecular weight is 319 g/mol. The number of ether oxygens (including phenoxy) is 1. The van der Waals surface area contributed by atoms with Gasteiger partial charge in [0.1, 0.15) is 5.75 Å². The molecule has 0 spiro atoms. The molecule has 10 heteroatoms. The Kier molecular flexibility index (Phi) is 3.98. The molecule has 0 aliphatic rings. The van der Waals surface area contributed by atoms with E-state index in [9.17, 15) is 21.6 Å². The van der Waals surface area contributed by atoms with Crippen molar-refractivity contribution >= 4 is 16.0 Å². The number of hydrogen-bond acceptors (Lipinski definition) is 5. The fourth-order valence-corrected chi connectivity index (χ4v) is 2.31. The van der Waals surface area contributed by atoms with Gasteiger partial charge in [-0.3, -0.25) is 0 Å². The van der Waals surface area contributed by atoms with Crippen LogP contribution in [0.15, 0.2) is 47.6 Å². The van der Waals surface area contributed by atoms with E-state index >= 15 is 0 Å². The number of hydrogen-bond donors (Lipinski definition) is 1. The number of anilines is 1. The summed E-state index contributed by atoms with van der Waals surface area (Å²) in [4.78, 5) is 7.12. The van der Waals surface area contributed by atoms with Crippen molar-refractivity contribution in [2.75, 3.05) is 4.72 Å². The molecule has 6 nitrogen and oxygen atoms in total. The molecule has 0 saturated carbocycles. The van der Waals surface area contributed by atoms with Gasteiger partial charge in [-0.2, -0.15) is 0 Å². The Morgan fingerprint density at radius 3 is 2.14 bits per heavy atom. The lowest BCUT2D eigenvalue weighted by atomic mass is 10.3. The molecule has 0 bridgehead atoms. The van der Waals surface area contributed by atoms with E-state index in [1.54, 1.807) is 0 Å². The Morgan fingerprint density at radius 1 is 1.05 bits per heavy atom. The molecule has 1 N–H and O–H groups in total. The fourth-order valence-electron chi connectivity index (χ4n) is 1.35. The highest BCUT2D eigenvalue weighted by atomic mass is 32.2. The van der Waals surface area contributed by atoms with Gasteiger partial charge < -0.3 is 4.74 Å². The van der Waals surface area contributed by atoms with Crippen LogP contribution in [0.4, 0.5) is 19.1 Å². The smallest absolute Gasteiger partial charge is 0.406 e. The van der Waals surface area contributed by atoms with Crippen molar-refractivity contribution in [1.82, 2.24) is 9.97 Å². The zero-order valence-electron chi connectivity index (χ0n) is 10.2. The largest absolute Gasteiger partial charge is 0.573 e. The van der Waals surface area contributed by atoms with E-state index in [1.165, 1.54) is 18.5 Å². The van der Waals surface area contributed by atoms with E-state index in [0.29, 0.717) is 0 Å². The summed E-state index contributed by atoms with van der Waals surface area (Å²) in [5.41, 5.74) is 0. The summed E-state index contributed by atoms with van der Waals surface area (Å²) in [6, 6.07) is 5.25. The third kappa shape index (κ3) is 4.31. The van der Waals surface area contributed by atoms with Gasteiger partial charge in [0.15, 0.2) is 0 Å². The van der Waals surface area contributed by atoms with Crippen LogP contribution in [0, 0.1) is 0 Å². The second kappa shape index (κ2) is 5.56. The van der Waals surface area contributed by atoms with Crippen LogP contribution in [0.25, 0.3) is 0 Å². The summed E-state index contributed by atoms with van der Waals surface area (Å²) in [6.45, 7) is 0. The van der Waals surface area contributed by atoms with Gasteiger partial charge in [-0.25, -0.2) is 23.1 Å². The van der Waals surface area contributed by atoms with Crippen molar-refractivity contribution < 1.29 is 26.3 Å². The van der Waals surface area contributed by atoms with Crippen LogP contribution in [-0.2, 0) is 10.0 Å². The number of rotatable bonds is 4. The second-order valence-corrected chi connectivity index (χ2v) is 5.38. The Labute approximate surface area is 117 Å². The molecule has 1 aromatic heterocycles. The predicted molar refractivity (Wildman–Crippen MR) is 66.0 cm³/mol. The minimum Gasteiger partial charge on any atom is -0.406 e. The predicted octanol–water partition coefficient (Wildman–Crippen LogP) is 2.18. The number of sulfonamides is 1. The molecule has 0 atom stereocenters. The molecule has 21 heavy (non-hydrogen) atoms. The monoisotopic (exact) mass is 319 g/mol. The zero-order chi connectivity index (χ0) is 15.5.